The number of nitriles is 1. The molecule has 0 saturated heterocycles. The zero-order valence-electron chi connectivity index (χ0n) is 11.1. The Kier molecular flexibility index (Phi) is 3.76. The van der Waals surface area contributed by atoms with Crippen LogP contribution in [-0.4, -0.2) is 12.6 Å². The third-order valence-electron chi connectivity index (χ3n) is 3.40. The fourth-order valence-corrected chi connectivity index (χ4v) is 2.13. The Balaban J connectivity index is 1.89. The van der Waals surface area contributed by atoms with Crippen molar-refractivity contribution in [3.05, 3.63) is 24.3 Å². The van der Waals surface area contributed by atoms with Crippen molar-refractivity contribution in [1.82, 2.24) is 0 Å². The summed E-state index contributed by atoms with van der Waals surface area (Å²) in [6.07, 6.45) is 3.41. The molecule has 0 unspecified atom stereocenters. The first-order valence-electron chi connectivity index (χ1n) is 6.55. The Labute approximate surface area is 109 Å². The van der Waals surface area contributed by atoms with Crippen molar-refractivity contribution in [2.24, 2.45) is 5.41 Å². The van der Waals surface area contributed by atoms with Crippen LogP contribution < -0.4 is 10.1 Å². The van der Waals surface area contributed by atoms with Crippen molar-refractivity contribution in [3.63, 3.8) is 0 Å². The van der Waals surface area contributed by atoms with Crippen LogP contribution in [0.4, 0.5) is 5.69 Å². The van der Waals surface area contributed by atoms with E-state index in [1.807, 2.05) is 38.1 Å². The summed E-state index contributed by atoms with van der Waals surface area (Å²) < 4.78 is 5.59. The summed E-state index contributed by atoms with van der Waals surface area (Å²) >= 11 is 0. The normalized spacial score (nSPS) is 16.8. The molecule has 0 aromatic heterocycles. The van der Waals surface area contributed by atoms with Crippen molar-refractivity contribution in [3.8, 4) is 11.8 Å². The zero-order chi connectivity index (χ0) is 13.0. The molecule has 0 heterocycles. The van der Waals surface area contributed by atoms with Crippen LogP contribution in [0.2, 0.25) is 0 Å². The Hall–Kier alpha value is -1.69. The number of benzene rings is 1. The monoisotopic (exact) mass is 244 g/mol. The summed E-state index contributed by atoms with van der Waals surface area (Å²) in [5.41, 5.74) is 0.917. The molecule has 0 amide bonds. The number of rotatable bonds is 5. The maximum absolute atomic E-state index is 9.15. The Morgan fingerprint density at radius 3 is 2.44 bits per heavy atom. The maximum Gasteiger partial charge on any atom is 0.119 e. The molecule has 0 atom stereocenters. The average Bonchev–Trinajstić information content (AvgIpc) is 2.30. The summed E-state index contributed by atoms with van der Waals surface area (Å²) in [6, 6.07) is 10.4. The first kappa shape index (κ1) is 12.8. The van der Waals surface area contributed by atoms with E-state index in [1.54, 1.807) is 0 Å². The van der Waals surface area contributed by atoms with Gasteiger partial charge in [0.15, 0.2) is 0 Å². The van der Waals surface area contributed by atoms with Gasteiger partial charge in [-0.3, -0.25) is 0 Å². The number of hydrogen-bond donors (Lipinski definition) is 1. The first-order chi connectivity index (χ1) is 8.63. The molecule has 1 N–H and O–H groups in total. The number of nitrogens with one attached hydrogen (secondary N) is 1. The van der Waals surface area contributed by atoms with Gasteiger partial charge in [-0.25, -0.2) is 0 Å². The minimum absolute atomic E-state index is 0.132. The highest BCUT2D eigenvalue weighted by atomic mass is 16.5. The third-order valence-corrected chi connectivity index (χ3v) is 3.40. The molecule has 1 aliphatic rings. The molecule has 18 heavy (non-hydrogen) atoms. The number of ether oxygens (including phenoxy) is 1. The van der Waals surface area contributed by atoms with E-state index in [4.69, 9.17) is 10.00 Å². The Morgan fingerprint density at radius 1 is 1.33 bits per heavy atom. The van der Waals surface area contributed by atoms with Gasteiger partial charge < -0.3 is 10.1 Å². The predicted molar refractivity (Wildman–Crippen MR) is 72.6 cm³/mol. The topological polar surface area (TPSA) is 45.0 Å². The van der Waals surface area contributed by atoms with E-state index in [0.717, 1.165) is 30.8 Å². The lowest BCUT2D eigenvalue weighted by molar-refractivity contribution is 0.233. The second-order valence-corrected chi connectivity index (χ2v) is 5.29. The molecule has 2 rings (SSSR count). The quantitative estimate of drug-likeness (QED) is 0.861. The Morgan fingerprint density at radius 2 is 2.00 bits per heavy atom. The molecule has 1 saturated carbocycles. The van der Waals surface area contributed by atoms with Crippen LogP contribution in [-0.2, 0) is 0 Å². The molecule has 0 spiro atoms. The van der Waals surface area contributed by atoms with Crippen LogP contribution in [0.3, 0.4) is 0 Å². The van der Waals surface area contributed by atoms with Crippen LogP contribution in [0, 0.1) is 16.7 Å². The van der Waals surface area contributed by atoms with E-state index in [2.05, 4.69) is 11.4 Å². The third kappa shape index (κ3) is 2.95. The number of hydrogen-bond acceptors (Lipinski definition) is 3. The van der Waals surface area contributed by atoms with Gasteiger partial charge in [0, 0.05) is 12.2 Å². The van der Waals surface area contributed by atoms with Crippen LogP contribution >= 0.6 is 0 Å². The lowest BCUT2D eigenvalue weighted by Gasteiger charge is -2.35. The van der Waals surface area contributed by atoms with Crippen LogP contribution in [0.15, 0.2) is 24.3 Å². The van der Waals surface area contributed by atoms with Gasteiger partial charge in [0.2, 0.25) is 0 Å². The molecule has 1 fully saturated rings. The molecule has 0 aliphatic heterocycles. The highest BCUT2D eigenvalue weighted by Gasteiger charge is 2.36. The van der Waals surface area contributed by atoms with Crippen molar-refractivity contribution in [2.75, 3.05) is 11.9 Å². The van der Waals surface area contributed by atoms with Crippen LogP contribution in [0.1, 0.15) is 33.1 Å². The smallest absolute Gasteiger partial charge is 0.119 e. The van der Waals surface area contributed by atoms with E-state index in [0.29, 0.717) is 0 Å². The number of nitrogens with zero attached hydrogens (tertiary/aromatic N) is 1. The molecule has 0 bridgehead atoms. The fourth-order valence-electron chi connectivity index (χ4n) is 2.13. The molecule has 1 aromatic carbocycles. The summed E-state index contributed by atoms with van der Waals surface area (Å²) in [6.45, 7) is 4.77. The fraction of sp³-hybridized carbons (Fsp3) is 0.533. The Bertz CT molecular complexity index is 427. The zero-order valence-corrected chi connectivity index (χ0v) is 11.1. The SMILES string of the molecule is CC(C)Oc1ccc(NCC2(C#N)CCC2)cc1. The van der Waals surface area contributed by atoms with Gasteiger partial charge in [0.25, 0.3) is 0 Å². The first-order valence-corrected chi connectivity index (χ1v) is 6.55. The van der Waals surface area contributed by atoms with Gasteiger partial charge in [0.05, 0.1) is 17.6 Å². The minimum Gasteiger partial charge on any atom is -0.491 e. The minimum atomic E-state index is -0.132. The van der Waals surface area contributed by atoms with E-state index in [9.17, 15) is 0 Å². The van der Waals surface area contributed by atoms with Crippen molar-refractivity contribution in [2.45, 2.75) is 39.2 Å². The van der Waals surface area contributed by atoms with Crippen molar-refractivity contribution < 1.29 is 4.74 Å². The molecule has 96 valence electrons. The maximum atomic E-state index is 9.15. The molecule has 0 radical (unpaired) electrons. The second kappa shape index (κ2) is 5.30. The largest absolute Gasteiger partial charge is 0.491 e. The summed E-state index contributed by atoms with van der Waals surface area (Å²) in [4.78, 5) is 0. The molecular formula is C15H20N2O. The van der Waals surface area contributed by atoms with Crippen LogP contribution in [0.5, 0.6) is 5.75 Å². The van der Waals surface area contributed by atoms with Gasteiger partial charge in [0.1, 0.15) is 5.75 Å². The second-order valence-electron chi connectivity index (χ2n) is 5.29. The molecule has 1 aromatic rings. The lowest BCUT2D eigenvalue weighted by atomic mass is 9.70. The van der Waals surface area contributed by atoms with Crippen molar-refractivity contribution >= 4 is 5.69 Å². The van der Waals surface area contributed by atoms with E-state index < -0.39 is 0 Å². The summed E-state index contributed by atoms with van der Waals surface area (Å²) in [5, 5.41) is 12.5. The summed E-state index contributed by atoms with van der Waals surface area (Å²) in [7, 11) is 0. The molecular weight excluding hydrogens is 224 g/mol. The lowest BCUT2D eigenvalue weighted by Crippen LogP contribution is -2.34. The standard InChI is InChI=1S/C15H20N2O/c1-12(2)18-14-6-4-13(5-7-14)17-11-15(10-16)8-3-9-15/h4-7,12,17H,3,8-9,11H2,1-2H3. The van der Waals surface area contributed by atoms with Gasteiger partial charge in [-0.05, 0) is 51.0 Å². The summed E-state index contributed by atoms with van der Waals surface area (Å²) in [5.74, 6) is 0.884. The highest BCUT2D eigenvalue weighted by Crippen LogP contribution is 2.40. The van der Waals surface area contributed by atoms with Gasteiger partial charge >= 0.3 is 0 Å². The van der Waals surface area contributed by atoms with E-state index in [-0.39, 0.29) is 11.5 Å². The van der Waals surface area contributed by atoms with E-state index >= 15 is 0 Å². The van der Waals surface area contributed by atoms with Gasteiger partial charge in [-0.2, -0.15) is 5.26 Å². The van der Waals surface area contributed by atoms with Crippen molar-refractivity contribution in [1.29, 1.82) is 5.26 Å². The van der Waals surface area contributed by atoms with Gasteiger partial charge in [-0.1, -0.05) is 6.42 Å². The molecule has 3 nitrogen and oxygen atoms in total. The molecule has 1 aliphatic carbocycles. The number of anilines is 1. The van der Waals surface area contributed by atoms with Gasteiger partial charge in [-0.15, -0.1) is 0 Å². The highest BCUT2D eigenvalue weighted by molar-refractivity contribution is 5.46. The molecule has 3 heteroatoms. The predicted octanol–water partition coefficient (Wildman–Crippen LogP) is 3.58. The van der Waals surface area contributed by atoms with Crippen LogP contribution in [0.25, 0.3) is 0 Å². The average molecular weight is 244 g/mol. The van der Waals surface area contributed by atoms with E-state index in [1.165, 1.54) is 6.42 Å².